The number of nitrogens with one attached hydrogen (secondary N) is 1. The average Bonchev–Trinajstić information content (AvgIpc) is 2.68. The van der Waals surface area contributed by atoms with Crippen molar-refractivity contribution in [2.75, 3.05) is 0 Å². The highest BCUT2D eigenvalue weighted by Crippen LogP contribution is 2.28. The van der Waals surface area contributed by atoms with Gasteiger partial charge in [0.15, 0.2) is 0 Å². The van der Waals surface area contributed by atoms with Crippen molar-refractivity contribution in [1.82, 2.24) is 15.3 Å². The van der Waals surface area contributed by atoms with Gasteiger partial charge in [-0.3, -0.25) is 4.98 Å². The van der Waals surface area contributed by atoms with Crippen LogP contribution in [0.5, 0.6) is 0 Å². The molecule has 0 bridgehead atoms. The molecule has 0 fully saturated rings. The van der Waals surface area contributed by atoms with Gasteiger partial charge >= 0.3 is 0 Å². The van der Waals surface area contributed by atoms with Crippen molar-refractivity contribution in [3.05, 3.63) is 34.5 Å². The topological polar surface area (TPSA) is 37.8 Å². The number of hydrogen-bond donors (Lipinski definition) is 1. The lowest BCUT2D eigenvalue weighted by molar-refractivity contribution is 0.425. The summed E-state index contributed by atoms with van der Waals surface area (Å²) in [6, 6.07) is 4.04. The van der Waals surface area contributed by atoms with Crippen LogP contribution in [-0.2, 0) is 6.54 Å². The Balaban J connectivity index is 2.24. The monoisotopic (exact) mass is 275 g/mol. The molecule has 0 atom stereocenters. The molecule has 4 heteroatoms. The number of thiazole rings is 1. The third-order valence-electron chi connectivity index (χ3n) is 2.88. The molecule has 0 saturated carbocycles. The first-order chi connectivity index (χ1) is 8.87. The second kappa shape index (κ2) is 5.39. The van der Waals surface area contributed by atoms with Crippen molar-refractivity contribution in [2.24, 2.45) is 0 Å². The van der Waals surface area contributed by atoms with Crippen LogP contribution >= 0.6 is 11.3 Å². The van der Waals surface area contributed by atoms with Crippen molar-refractivity contribution in [2.45, 2.75) is 46.7 Å². The molecule has 0 unspecified atom stereocenters. The number of aromatic nitrogens is 2. The van der Waals surface area contributed by atoms with Gasteiger partial charge in [-0.15, -0.1) is 11.3 Å². The van der Waals surface area contributed by atoms with E-state index in [-0.39, 0.29) is 5.54 Å². The maximum absolute atomic E-state index is 4.66. The maximum atomic E-state index is 4.66. The fraction of sp³-hybridized carbons (Fsp3) is 0.467. The van der Waals surface area contributed by atoms with E-state index in [0.717, 1.165) is 22.9 Å². The van der Waals surface area contributed by atoms with Gasteiger partial charge in [0.25, 0.3) is 0 Å². The van der Waals surface area contributed by atoms with Crippen LogP contribution in [0.25, 0.3) is 10.7 Å². The summed E-state index contributed by atoms with van der Waals surface area (Å²) in [5, 5.41) is 4.52. The van der Waals surface area contributed by atoms with Crippen LogP contribution < -0.4 is 5.32 Å². The van der Waals surface area contributed by atoms with E-state index >= 15 is 0 Å². The largest absolute Gasteiger partial charge is 0.307 e. The summed E-state index contributed by atoms with van der Waals surface area (Å²) in [5.41, 5.74) is 3.39. The molecule has 19 heavy (non-hydrogen) atoms. The highest BCUT2D eigenvalue weighted by Gasteiger charge is 2.14. The lowest BCUT2D eigenvalue weighted by Gasteiger charge is -2.19. The summed E-state index contributed by atoms with van der Waals surface area (Å²) in [6.07, 6.45) is 1.83. The Hall–Kier alpha value is -1.26. The Morgan fingerprint density at radius 2 is 2.00 bits per heavy atom. The SMILES string of the molecule is Cc1cccnc1-c1nc(C)c(CNC(C)(C)C)s1. The van der Waals surface area contributed by atoms with Crippen LogP contribution in [0.3, 0.4) is 0 Å². The van der Waals surface area contributed by atoms with E-state index in [1.807, 2.05) is 12.3 Å². The smallest absolute Gasteiger partial charge is 0.142 e. The lowest BCUT2D eigenvalue weighted by atomic mass is 10.1. The molecule has 0 radical (unpaired) electrons. The van der Waals surface area contributed by atoms with E-state index in [0.29, 0.717) is 0 Å². The maximum Gasteiger partial charge on any atom is 0.142 e. The van der Waals surface area contributed by atoms with Crippen molar-refractivity contribution in [1.29, 1.82) is 0 Å². The Morgan fingerprint density at radius 3 is 2.63 bits per heavy atom. The Bertz CT molecular complexity index is 567. The molecule has 2 heterocycles. The van der Waals surface area contributed by atoms with Crippen molar-refractivity contribution >= 4 is 11.3 Å². The van der Waals surface area contributed by atoms with Gasteiger partial charge < -0.3 is 5.32 Å². The fourth-order valence-electron chi connectivity index (χ4n) is 1.75. The predicted molar refractivity (Wildman–Crippen MR) is 81.4 cm³/mol. The van der Waals surface area contributed by atoms with Gasteiger partial charge in [0.05, 0.1) is 5.69 Å². The number of aryl methyl sites for hydroxylation is 2. The van der Waals surface area contributed by atoms with Gasteiger partial charge in [0, 0.05) is 23.2 Å². The Kier molecular flexibility index (Phi) is 4.02. The van der Waals surface area contributed by atoms with Crippen LogP contribution in [0.1, 0.15) is 36.9 Å². The van der Waals surface area contributed by atoms with Gasteiger partial charge in [-0.2, -0.15) is 0 Å². The molecule has 2 aromatic heterocycles. The van der Waals surface area contributed by atoms with Crippen LogP contribution in [0, 0.1) is 13.8 Å². The van der Waals surface area contributed by atoms with Gasteiger partial charge in [-0.25, -0.2) is 4.98 Å². The van der Waals surface area contributed by atoms with E-state index in [1.54, 1.807) is 11.3 Å². The molecule has 0 aliphatic carbocycles. The normalized spacial score (nSPS) is 11.8. The second-order valence-electron chi connectivity index (χ2n) is 5.80. The van der Waals surface area contributed by atoms with Crippen LogP contribution in [-0.4, -0.2) is 15.5 Å². The summed E-state index contributed by atoms with van der Waals surface area (Å²) < 4.78 is 0. The minimum Gasteiger partial charge on any atom is -0.307 e. The number of nitrogens with zero attached hydrogens (tertiary/aromatic N) is 2. The van der Waals surface area contributed by atoms with Crippen LogP contribution in [0.4, 0.5) is 0 Å². The molecule has 0 aromatic carbocycles. The lowest BCUT2D eigenvalue weighted by Crippen LogP contribution is -2.34. The minimum absolute atomic E-state index is 0.123. The molecule has 0 aliphatic rings. The average molecular weight is 275 g/mol. The Labute approximate surface area is 119 Å². The summed E-state index contributed by atoms with van der Waals surface area (Å²) >= 11 is 1.73. The number of hydrogen-bond acceptors (Lipinski definition) is 4. The van der Waals surface area contributed by atoms with E-state index in [1.165, 1.54) is 10.4 Å². The molecule has 3 nitrogen and oxygen atoms in total. The van der Waals surface area contributed by atoms with Gasteiger partial charge in [0.1, 0.15) is 10.7 Å². The molecule has 2 aromatic rings. The summed E-state index contributed by atoms with van der Waals surface area (Å²) in [7, 11) is 0. The molecule has 0 aliphatic heterocycles. The zero-order valence-electron chi connectivity index (χ0n) is 12.2. The summed E-state index contributed by atoms with van der Waals surface area (Å²) in [5.74, 6) is 0. The first kappa shape index (κ1) is 14.2. The van der Waals surface area contributed by atoms with Crippen molar-refractivity contribution in [3.8, 4) is 10.7 Å². The third kappa shape index (κ3) is 3.61. The zero-order valence-corrected chi connectivity index (χ0v) is 13.1. The number of pyridine rings is 1. The van der Waals surface area contributed by atoms with E-state index in [2.05, 4.69) is 56.0 Å². The highest BCUT2D eigenvalue weighted by atomic mass is 32.1. The quantitative estimate of drug-likeness (QED) is 0.928. The fourth-order valence-corrected chi connectivity index (χ4v) is 2.81. The van der Waals surface area contributed by atoms with Crippen molar-refractivity contribution in [3.63, 3.8) is 0 Å². The van der Waals surface area contributed by atoms with Crippen LogP contribution in [0.15, 0.2) is 18.3 Å². The zero-order chi connectivity index (χ0) is 14.0. The Morgan fingerprint density at radius 1 is 1.26 bits per heavy atom. The molecule has 2 rings (SSSR count). The molecule has 1 N–H and O–H groups in total. The molecule has 102 valence electrons. The first-order valence-corrected chi connectivity index (χ1v) is 7.32. The standard InChI is InChI=1S/C15H21N3S/c1-10-7-6-8-16-13(10)14-18-11(2)12(19-14)9-17-15(3,4)5/h6-8,17H,9H2,1-5H3. The molecule has 0 amide bonds. The molecular formula is C15H21N3S. The van der Waals surface area contributed by atoms with Crippen molar-refractivity contribution < 1.29 is 0 Å². The highest BCUT2D eigenvalue weighted by molar-refractivity contribution is 7.15. The summed E-state index contributed by atoms with van der Waals surface area (Å²) in [4.78, 5) is 10.4. The molecule has 0 spiro atoms. The predicted octanol–water partition coefficient (Wildman–Crippen LogP) is 3.71. The number of rotatable bonds is 3. The van der Waals surface area contributed by atoms with E-state index in [4.69, 9.17) is 0 Å². The van der Waals surface area contributed by atoms with Gasteiger partial charge in [-0.1, -0.05) is 6.07 Å². The van der Waals surface area contributed by atoms with Gasteiger partial charge in [-0.05, 0) is 46.2 Å². The molecular weight excluding hydrogens is 254 g/mol. The minimum atomic E-state index is 0.123. The van der Waals surface area contributed by atoms with Crippen LogP contribution in [0.2, 0.25) is 0 Å². The van der Waals surface area contributed by atoms with Gasteiger partial charge in [0.2, 0.25) is 0 Å². The molecule has 0 saturated heterocycles. The second-order valence-corrected chi connectivity index (χ2v) is 6.88. The third-order valence-corrected chi connectivity index (χ3v) is 4.05. The first-order valence-electron chi connectivity index (χ1n) is 6.50. The van der Waals surface area contributed by atoms with E-state index in [9.17, 15) is 0 Å². The summed E-state index contributed by atoms with van der Waals surface area (Å²) in [6.45, 7) is 11.5. The van der Waals surface area contributed by atoms with E-state index < -0.39 is 0 Å².